The van der Waals surface area contributed by atoms with Crippen LogP contribution in [0.2, 0.25) is 0 Å². The Bertz CT molecular complexity index is 435. The maximum atomic E-state index is 14.1. The van der Waals surface area contributed by atoms with E-state index in [1.807, 2.05) is 6.92 Å². The predicted molar refractivity (Wildman–Crippen MR) is 70.1 cm³/mol. The number of hydrogen-bond donors (Lipinski definition) is 2. The molecule has 1 aliphatic rings. The fourth-order valence-electron chi connectivity index (χ4n) is 2.33. The van der Waals surface area contributed by atoms with Crippen LogP contribution in [0.4, 0.5) is 4.39 Å². The van der Waals surface area contributed by atoms with Crippen LogP contribution in [-0.2, 0) is 0 Å². The molecule has 0 spiro atoms. The maximum Gasteiger partial charge on any atom is 0.164 e. The van der Waals surface area contributed by atoms with Crippen LogP contribution in [0.3, 0.4) is 0 Å². The summed E-state index contributed by atoms with van der Waals surface area (Å²) < 4.78 is 24.9. The van der Waals surface area contributed by atoms with E-state index < -0.39 is 0 Å². The van der Waals surface area contributed by atoms with E-state index in [0.29, 0.717) is 43.2 Å². The molecule has 106 valence electrons. The highest BCUT2D eigenvalue weighted by molar-refractivity contribution is 5.45. The van der Waals surface area contributed by atoms with E-state index in [0.717, 1.165) is 0 Å². The van der Waals surface area contributed by atoms with Gasteiger partial charge in [-0.25, -0.2) is 4.39 Å². The molecule has 0 radical (unpaired) electrons. The van der Waals surface area contributed by atoms with Gasteiger partial charge in [0.2, 0.25) is 0 Å². The third-order valence-corrected chi connectivity index (χ3v) is 3.47. The number of fused-ring (bicyclic) bond motifs is 1. The van der Waals surface area contributed by atoms with Crippen molar-refractivity contribution in [3.05, 3.63) is 23.5 Å². The zero-order valence-electron chi connectivity index (χ0n) is 11.1. The number of ether oxygens (including phenoxy) is 2. The van der Waals surface area contributed by atoms with Crippen LogP contribution in [0, 0.1) is 11.7 Å². The van der Waals surface area contributed by atoms with E-state index in [-0.39, 0.29) is 24.3 Å². The summed E-state index contributed by atoms with van der Waals surface area (Å²) in [6.07, 6.45) is 0.642. The Kier molecular flexibility index (Phi) is 4.61. The normalized spacial score (nSPS) is 17.1. The van der Waals surface area contributed by atoms with Crippen molar-refractivity contribution in [2.24, 2.45) is 11.7 Å². The highest BCUT2D eigenvalue weighted by Crippen LogP contribution is 2.36. The quantitative estimate of drug-likeness (QED) is 0.853. The molecule has 0 aliphatic carbocycles. The summed E-state index contributed by atoms with van der Waals surface area (Å²) in [7, 11) is 0. The van der Waals surface area contributed by atoms with Gasteiger partial charge in [-0.3, -0.25) is 0 Å². The summed E-state index contributed by atoms with van der Waals surface area (Å²) in [4.78, 5) is 0. The van der Waals surface area contributed by atoms with Crippen LogP contribution in [0.15, 0.2) is 12.1 Å². The molecule has 4 nitrogen and oxygen atoms in total. The molecule has 0 saturated heterocycles. The first-order chi connectivity index (χ1) is 9.15. The van der Waals surface area contributed by atoms with Crippen molar-refractivity contribution >= 4 is 0 Å². The SMILES string of the molecule is CC(CC(CN)CO)c1cc2c(cc1F)OCCO2. The van der Waals surface area contributed by atoms with Crippen molar-refractivity contribution in [2.45, 2.75) is 19.3 Å². The molecule has 2 rings (SSSR count). The molecule has 2 unspecified atom stereocenters. The molecule has 5 heteroatoms. The lowest BCUT2D eigenvalue weighted by atomic mass is 9.90. The number of aliphatic hydroxyl groups is 1. The molecule has 19 heavy (non-hydrogen) atoms. The van der Waals surface area contributed by atoms with Crippen molar-refractivity contribution in [1.82, 2.24) is 0 Å². The van der Waals surface area contributed by atoms with E-state index >= 15 is 0 Å². The van der Waals surface area contributed by atoms with Crippen molar-refractivity contribution in [1.29, 1.82) is 0 Å². The molecule has 1 aliphatic heterocycles. The first-order valence-corrected chi connectivity index (χ1v) is 6.55. The zero-order valence-corrected chi connectivity index (χ0v) is 11.1. The Morgan fingerprint density at radius 1 is 1.32 bits per heavy atom. The Hall–Kier alpha value is -1.33. The van der Waals surface area contributed by atoms with Crippen LogP contribution in [-0.4, -0.2) is 31.5 Å². The van der Waals surface area contributed by atoms with Gasteiger partial charge in [0.05, 0.1) is 0 Å². The molecule has 1 aromatic carbocycles. The highest BCUT2D eigenvalue weighted by Gasteiger charge is 2.21. The average Bonchev–Trinajstić information content (AvgIpc) is 2.43. The molecule has 3 N–H and O–H groups in total. The zero-order chi connectivity index (χ0) is 13.8. The molecule has 0 amide bonds. The third kappa shape index (κ3) is 3.16. The van der Waals surface area contributed by atoms with Crippen molar-refractivity contribution in [3.8, 4) is 11.5 Å². The summed E-state index contributed by atoms with van der Waals surface area (Å²) in [6, 6.07) is 3.07. The summed E-state index contributed by atoms with van der Waals surface area (Å²) in [6.45, 7) is 3.27. The second-order valence-electron chi connectivity index (χ2n) is 4.94. The van der Waals surface area contributed by atoms with Crippen LogP contribution < -0.4 is 15.2 Å². The molecule has 1 aromatic rings. The predicted octanol–water partition coefficient (Wildman–Crippen LogP) is 1.66. The van der Waals surface area contributed by atoms with Gasteiger partial charge in [0.15, 0.2) is 11.5 Å². The number of aliphatic hydroxyl groups excluding tert-OH is 1. The molecule has 0 fully saturated rings. The van der Waals surface area contributed by atoms with Gasteiger partial charge in [0.25, 0.3) is 0 Å². The summed E-state index contributed by atoms with van der Waals surface area (Å²) in [5.41, 5.74) is 6.14. The Morgan fingerprint density at radius 3 is 2.53 bits per heavy atom. The Balaban J connectivity index is 2.19. The molecule has 2 atom stereocenters. The van der Waals surface area contributed by atoms with Crippen molar-refractivity contribution < 1.29 is 19.0 Å². The van der Waals surface area contributed by atoms with Crippen molar-refractivity contribution in [2.75, 3.05) is 26.4 Å². The second-order valence-corrected chi connectivity index (χ2v) is 4.94. The number of hydrogen-bond acceptors (Lipinski definition) is 4. The summed E-state index contributed by atoms with van der Waals surface area (Å²) in [5.74, 6) is 0.699. The largest absolute Gasteiger partial charge is 0.486 e. The van der Waals surface area contributed by atoms with Gasteiger partial charge < -0.3 is 20.3 Å². The van der Waals surface area contributed by atoms with Crippen molar-refractivity contribution in [3.63, 3.8) is 0 Å². The lowest BCUT2D eigenvalue weighted by Crippen LogP contribution is -2.21. The topological polar surface area (TPSA) is 64.7 Å². The van der Waals surface area contributed by atoms with Crippen LogP contribution in [0.25, 0.3) is 0 Å². The number of halogens is 1. The van der Waals surface area contributed by atoms with Crippen LogP contribution >= 0.6 is 0 Å². The molecule has 0 aromatic heterocycles. The molecule has 0 bridgehead atoms. The Labute approximate surface area is 112 Å². The number of nitrogens with two attached hydrogens (primary N) is 1. The van der Waals surface area contributed by atoms with Gasteiger partial charge in [0.1, 0.15) is 19.0 Å². The van der Waals surface area contributed by atoms with Gasteiger partial charge in [0, 0.05) is 12.7 Å². The lowest BCUT2D eigenvalue weighted by Gasteiger charge is -2.22. The highest BCUT2D eigenvalue weighted by atomic mass is 19.1. The minimum Gasteiger partial charge on any atom is -0.486 e. The van der Waals surface area contributed by atoms with Gasteiger partial charge in [-0.05, 0) is 36.4 Å². The van der Waals surface area contributed by atoms with Gasteiger partial charge in [-0.1, -0.05) is 6.92 Å². The van der Waals surface area contributed by atoms with E-state index in [1.54, 1.807) is 6.07 Å². The number of rotatable bonds is 5. The maximum absolute atomic E-state index is 14.1. The lowest BCUT2D eigenvalue weighted by molar-refractivity contribution is 0.170. The fraction of sp³-hybridized carbons (Fsp3) is 0.571. The standard InChI is InChI=1S/C14H20FNO3/c1-9(4-10(7-16)8-17)11-5-13-14(6-12(11)15)19-3-2-18-13/h5-6,9-10,17H,2-4,7-8,16H2,1H3. The molecule has 0 saturated carbocycles. The van der Waals surface area contributed by atoms with Crippen LogP contribution in [0.5, 0.6) is 11.5 Å². The van der Waals surface area contributed by atoms with E-state index in [9.17, 15) is 4.39 Å². The minimum absolute atomic E-state index is 0.0115. The Morgan fingerprint density at radius 2 is 1.95 bits per heavy atom. The first-order valence-electron chi connectivity index (χ1n) is 6.55. The summed E-state index contributed by atoms with van der Waals surface area (Å²) in [5, 5.41) is 9.16. The van der Waals surface area contributed by atoms with Gasteiger partial charge in [-0.15, -0.1) is 0 Å². The number of benzene rings is 1. The van der Waals surface area contributed by atoms with E-state index in [2.05, 4.69) is 0 Å². The average molecular weight is 269 g/mol. The first kappa shape index (κ1) is 14.1. The molecular weight excluding hydrogens is 249 g/mol. The monoisotopic (exact) mass is 269 g/mol. The van der Waals surface area contributed by atoms with E-state index in [1.165, 1.54) is 6.07 Å². The van der Waals surface area contributed by atoms with Crippen LogP contribution in [0.1, 0.15) is 24.8 Å². The molecule has 1 heterocycles. The smallest absolute Gasteiger partial charge is 0.164 e. The fourth-order valence-corrected chi connectivity index (χ4v) is 2.33. The summed E-state index contributed by atoms with van der Waals surface area (Å²) >= 11 is 0. The van der Waals surface area contributed by atoms with E-state index in [4.69, 9.17) is 20.3 Å². The second kappa shape index (κ2) is 6.21. The third-order valence-electron chi connectivity index (χ3n) is 3.47. The molecular formula is C14H20FNO3. The van der Waals surface area contributed by atoms with Gasteiger partial charge >= 0.3 is 0 Å². The minimum atomic E-state index is -0.300. The van der Waals surface area contributed by atoms with Gasteiger partial charge in [-0.2, -0.15) is 0 Å².